The van der Waals surface area contributed by atoms with Gasteiger partial charge in [-0.05, 0) is 49.5 Å². The van der Waals surface area contributed by atoms with Crippen molar-refractivity contribution in [1.29, 1.82) is 0 Å². The zero-order valence-electron chi connectivity index (χ0n) is 23.7. The molecule has 4 aromatic carbocycles. The monoisotopic (exact) mass is 649 g/mol. The Morgan fingerprint density at radius 3 is 2.37 bits per heavy atom. The van der Waals surface area contributed by atoms with Crippen LogP contribution in [0.25, 0.3) is 43.5 Å². The molecule has 1 aliphatic heterocycles. The predicted octanol–water partition coefficient (Wildman–Crippen LogP) is 1.37. The highest BCUT2D eigenvalue weighted by Crippen LogP contribution is 2.47. The van der Waals surface area contributed by atoms with Gasteiger partial charge in [0.2, 0.25) is 0 Å². The summed E-state index contributed by atoms with van der Waals surface area (Å²) in [6.45, 7) is -0.678. The highest BCUT2D eigenvalue weighted by Gasteiger charge is 2.46. The van der Waals surface area contributed by atoms with Crippen LogP contribution in [-0.2, 0) is 13.8 Å². The van der Waals surface area contributed by atoms with Crippen molar-refractivity contribution in [2.45, 2.75) is 48.9 Å². The number of phosphoric ester groups is 1. The van der Waals surface area contributed by atoms with E-state index in [9.17, 15) is 30.1 Å². The second-order valence-electron chi connectivity index (χ2n) is 11.7. The van der Waals surface area contributed by atoms with Gasteiger partial charge in [0.05, 0.1) is 19.0 Å². The van der Waals surface area contributed by atoms with Crippen LogP contribution in [0.1, 0.15) is 29.5 Å². The van der Waals surface area contributed by atoms with E-state index >= 15 is 0 Å². The number of phosphoric acid groups is 1. The van der Waals surface area contributed by atoms with Crippen molar-refractivity contribution in [2.75, 3.05) is 11.9 Å². The fourth-order valence-corrected chi connectivity index (χ4v) is 7.24. The van der Waals surface area contributed by atoms with Crippen LogP contribution in [-0.4, -0.2) is 92.0 Å². The molecule has 15 nitrogen and oxygen atoms in total. The van der Waals surface area contributed by atoms with Gasteiger partial charge in [-0.15, -0.1) is 0 Å². The smallest absolute Gasteiger partial charge is 0.388 e. The van der Waals surface area contributed by atoms with E-state index in [0.717, 1.165) is 32.3 Å². The summed E-state index contributed by atoms with van der Waals surface area (Å²) in [6.07, 6.45) is -7.38. The molecule has 16 heteroatoms. The van der Waals surface area contributed by atoms with Crippen molar-refractivity contribution in [1.82, 2.24) is 19.5 Å². The molecule has 0 spiro atoms. The number of hydrogen-bond donors (Lipinski definition) is 8. The summed E-state index contributed by atoms with van der Waals surface area (Å²) in [5.41, 5.74) is 1.42. The van der Waals surface area contributed by atoms with Gasteiger partial charge in [-0.1, -0.05) is 42.5 Å². The first-order valence-corrected chi connectivity index (χ1v) is 15.9. The van der Waals surface area contributed by atoms with E-state index in [4.69, 9.17) is 14.5 Å². The first kappa shape index (κ1) is 29.5. The molecule has 1 aliphatic carbocycles. The molecule has 8 atom stereocenters. The minimum Gasteiger partial charge on any atom is -0.388 e. The summed E-state index contributed by atoms with van der Waals surface area (Å²) < 4.78 is 22.6. The van der Waals surface area contributed by atoms with Gasteiger partial charge in [0, 0.05) is 0 Å². The van der Waals surface area contributed by atoms with E-state index in [1.165, 1.54) is 17.2 Å². The van der Waals surface area contributed by atoms with Gasteiger partial charge in [-0.3, -0.25) is 9.09 Å². The van der Waals surface area contributed by atoms with Crippen LogP contribution < -0.4 is 5.32 Å². The maximum atomic E-state index is 11.4. The minimum atomic E-state index is -4.85. The first-order valence-electron chi connectivity index (χ1n) is 14.4. The normalized spacial score (nSPS) is 28.5. The Bertz CT molecular complexity index is 2160. The Kier molecular flexibility index (Phi) is 6.80. The Morgan fingerprint density at radius 1 is 0.870 bits per heavy atom. The summed E-state index contributed by atoms with van der Waals surface area (Å²) in [7, 11) is -4.85. The van der Waals surface area contributed by atoms with Crippen molar-refractivity contribution in [3.63, 3.8) is 0 Å². The molecule has 8 N–H and O–H groups in total. The van der Waals surface area contributed by atoms with Gasteiger partial charge in [-0.2, -0.15) is 0 Å². The fourth-order valence-electron chi connectivity index (χ4n) is 6.90. The third kappa shape index (κ3) is 4.48. The number of nitrogens with zero attached hydrogens (tertiary/aromatic N) is 4. The van der Waals surface area contributed by atoms with Crippen molar-refractivity contribution in [3.8, 4) is 0 Å². The summed E-state index contributed by atoms with van der Waals surface area (Å²) in [6, 6.07) is 14.8. The maximum Gasteiger partial charge on any atom is 0.469 e. The molecule has 6 aromatic rings. The number of aromatic nitrogens is 4. The molecular formula is C30H28N5O10P. The van der Waals surface area contributed by atoms with E-state index < -0.39 is 63.3 Å². The third-order valence-electron chi connectivity index (χ3n) is 9.04. The fraction of sp³-hybridized carbons (Fsp3) is 0.300. The predicted molar refractivity (Wildman–Crippen MR) is 163 cm³/mol. The molecular weight excluding hydrogens is 621 g/mol. The standard InChI is InChI=1S/C30H28N5O10P/c36-23-16-8-14-5-4-12-2-1-3-13-6-7-15(19(14)18(12)13)20(16)21(25(38)26(23)39)34-28-22-29(32-10-31-28)35(11-33-22)30-27(40)24(37)17(45-30)9-44-46(41,42)43/h1-8,10-11,17,21,23-27,30,36-40H,9H2,(H,31,32,34)(H2,41,42,43)/t17-,21?,23?,24-,25?,26?,27-,30-/m1/s1. The van der Waals surface area contributed by atoms with Crippen molar-refractivity contribution in [2.24, 2.45) is 0 Å². The van der Waals surface area contributed by atoms with Crippen molar-refractivity contribution in [3.05, 3.63) is 72.3 Å². The van der Waals surface area contributed by atoms with E-state index in [1.807, 2.05) is 48.5 Å². The zero-order valence-corrected chi connectivity index (χ0v) is 24.6. The average Bonchev–Trinajstić information content (AvgIpc) is 3.59. The van der Waals surface area contributed by atoms with Crippen LogP contribution in [0.3, 0.4) is 0 Å². The minimum absolute atomic E-state index is 0.169. The van der Waals surface area contributed by atoms with Crippen LogP contribution in [0.15, 0.2) is 61.2 Å². The number of imidazole rings is 1. The number of fused-ring (bicyclic) bond motifs is 3. The maximum absolute atomic E-state index is 11.4. The summed E-state index contributed by atoms with van der Waals surface area (Å²) >= 11 is 0. The van der Waals surface area contributed by atoms with Gasteiger partial charge in [0.1, 0.15) is 43.0 Å². The lowest BCUT2D eigenvalue weighted by atomic mass is 9.77. The third-order valence-corrected chi connectivity index (χ3v) is 9.52. The van der Waals surface area contributed by atoms with E-state index in [0.29, 0.717) is 11.1 Å². The molecule has 2 aromatic heterocycles. The zero-order chi connectivity index (χ0) is 32.1. The Morgan fingerprint density at radius 2 is 1.61 bits per heavy atom. The van der Waals surface area contributed by atoms with E-state index in [2.05, 4.69) is 24.8 Å². The largest absolute Gasteiger partial charge is 0.469 e. The molecule has 0 bridgehead atoms. The first-order chi connectivity index (χ1) is 22.0. The van der Waals surface area contributed by atoms with Gasteiger partial charge in [0.15, 0.2) is 23.2 Å². The summed E-state index contributed by atoms with van der Waals surface area (Å²) in [4.78, 5) is 31.1. The van der Waals surface area contributed by atoms with Crippen LogP contribution >= 0.6 is 7.82 Å². The van der Waals surface area contributed by atoms with Crippen LogP contribution in [0.5, 0.6) is 0 Å². The van der Waals surface area contributed by atoms with Gasteiger partial charge >= 0.3 is 7.82 Å². The Labute approximate surface area is 258 Å². The van der Waals surface area contributed by atoms with Crippen LogP contribution in [0.4, 0.5) is 5.82 Å². The van der Waals surface area contributed by atoms with Gasteiger partial charge in [-0.25, -0.2) is 19.5 Å². The molecule has 1 fully saturated rings. The lowest BCUT2D eigenvalue weighted by molar-refractivity contribution is -0.0766. The number of aliphatic hydroxyl groups excluding tert-OH is 5. The SMILES string of the molecule is O=P(O)(O)OC[C@H]1O[C@@H](n2cnc3c(NC4c5c(cc6ccc7cccc8ccc5c6c78)C(O)C(O)C4O)ncnc32)[C@H](O)[C@@H]1O. The quantitative estimate of drug-likeness (QED) is 0.0941. The number of benzene rings is 4. The molecule has 46 heavy (non-hydrogen) atoms. The second-order valence-corrected chi connectivity index (χ2v) is 12.9. The molecule has 0 radical (unpaired) electrons. The number of anilines is 1. The summed E-state index contributed by atoms with van der Waals surface area (Å²) in [5, 5.41) is 63.6. The number of ether oxygens (including phenoxy) is 1. The van der Waals surface area contributed by atoms with Gasteiger partial charge in [0.25, 0.3) is 0 Å². The van der Waals surface area contributed by atoms with E-state index in [-0.39, 0.29) is 17.0 Å². The highest BCUT2D eigenvalue weighted by molar-refractivity contribution is 7.46. The Hall–Kier alpha value is -3.86. The number of rotatable bonds is 6. The summed E-state index contributed by atoms with van der Waals surface area (Å²) in [5.74, 6) is 0.169. The van der Waals surface area contributed by atoms with Crippen LogP contribution in [0, 0.1) is 0 Å². The van der Waals surface area contributed by atoms with Crippen molar-refractivity contribution < 1.29 is 49.1 Å². The molecule has 2 aliphatic rings. The number of nitrogens with one attached hydrogen (secondary N) is 1. The molecule has 1 saturated heterocycles. The lowest BCUT2D eigenvalue weighted by Gasteiger charge is -2.39. The molecule has 0 amide bonds. The lowest BCUT2D eigenvalue weighted by Crippen LogP contribution is -2.44. The second kappa shape index (κ2) is 10.6. The average molecular weight is 650 g/mol. The number of hydrogen-bond acceptors (Lipinski definition) is 12. The molecule has 238 valence electrons. The van der Waals surface area contributed by atoms with E-state index in [1.54, 1.807) is 0 Å². The highest BCUT2D eigenvalue weighted by atomic mass is 31.2. The molecule has 8 rings (SSSR count). The van der Waals surface area contributed by atoms with Crippen LogP contribution in [0.2, 0.25) is 0 Å². The Balaban J connectivity index is 1.21. The number of aliphatic hydroxyl groups is 5. The molecule has 0 saturated carbocycles. The molecule has 3 heterocycles. The topological polar surface area (TPSA) is 233 Å². The molecule has 4 unspecified atom stereocenters. The van der Waals surface area contributed by atoms with Gasteiger partial charge < -0.3 is 45.4 Å². The van der Waals surface area contributed by atoms with Crippen molar-refractivity contribution >= 4 is 57.1 Å².